The molecule has 0 aliphatic carbocycles. The molecule has 0 saturated carbocycles. The van der Waals surface area contributed by atoms with Gasteiger partial charge < -0.3 is 8.83 Å². The number of fused-ring (bicyclic) bond motifs is 5. The van der Waals surface area contributed by atoms with Crippen LogP contribution in [0.2, 0.25) is 0 Å². The molecule has 9 rings (SSSR count). The first kappa shape index (κ1) is 24.5. The van der Waals surface area contributed by atoms with Crippen LogP contribution in [0.15, 0.2) is 142 Å². The van der Waals surface area contributed by atoms with Gasteiger partial charge in [0.1, 0.15) is 16.7 Å². The highest BCUT2D eigenvalue weighted by Crippen LogP contribution is 2.42. The largest absolute Gasteiger partial charge is 0.456 e. The van der Waals surface area contributed by atoms with E-state index in [-0.39, 0.29) is 0 Å². The number of hydrogen-bond donors (Lipinski definition) is 0. The zero-order valence-electron chi connectivity index (χ0n) is 23.3. The van der Waals surface area contributed by atoms with E-state index in [1.54, 1.807) is 0 Å². The molecule has 0 N–H and O–H groups in total. The first-order valence-electron chi connectivity index (χ1n) is 14.4. The van der Waals surface area contributed by atoms with Crippen LogP contribution in [0.4, 0.5) is 0 Å². The second-order valence-electron chi connectivity index (χ2n) is 10.7. The Bertz CT molecular complexity index is 2440. The summed E-state index contributed by atoms with van der Waals surface area (Å²) >= 11 is 0. The molecule has 0 spiro atoms. The predicted octanol–water partition coefficient (Wildman–Crippen LogP) is 9.73. The van der Waals surface area contributed by atoms with Crippen molar-refractivity contribution in [1.82, 2.24) is 19.9 Å². The minimum absolute atomic E-state index is 0.487. The van der Waals surface area contributed by atoms with Crippen LogP contribution in [0.1, 0.15) is 0 Å². The summed E-state index contributed by atoms with van der Waals surface area (Å²) in [4.78, 5) is 20.0. The number of oxazole rings is 1. The van der Waals surface area contributed by atoms with Crippen molar-refractivity contribution in [2.75, 3.05) is 0 Å². The first-order valence-corrected chi connectivity index (χ1v) is 14.4. The summed E-state index contributed by atoms with van der Waals surface area (Å²) in [5.41, 5.74) is 6.11. The van der Waals surface area contributed by atoms with E-state index in [2.05, 4.69) is 30.3 Å². The predicted molar refractivity (Wildman–Crippen MR) is 174 cm³/mol. The molecule has 6 nitrogen and oxygen atoms in total. The standard InChI is InChI=1S/C38H22N4O2/c1-3-12-24(13-4-1)35-40-36(25-14-5-2-6-15-25)42-37(41-35)33-32-28-17-9-10-18-30(28)43-31(32)22-29-34(33)44-38(39-29)27-20-19-23-11-7-8-16-26(23)21-27/h1-22H. The summed E-state index contributed by atoms with van der Waals surface area (Å²) in [6.07, 6.45) is 0. The molecular weight excluding hydrogens is 544 g/mol. The molecule has 3 heterocycles. The molecule has 0 radical (unpaired) electrons. The second-order valence-corrected chi connectivity index (χ2v) is 10.7. The monoisotopic (exact) mass is 566 g/mol. The molecule has 0 saturated heterocycles. The van der Waals surface area contributed by atoms with Gasteiger partial charge >= 0.3 is 0 Å². The van der Waals surface area contributed by atoms with Crippen molar-refractivity contribution in [2.24, 2.45) is 0 Å². The van der Waals surface area contributed by atoms with Gasteiger partial charge in [0.2, 0.25) is 5.89 Å². The molecule has 0 amide bonds. The molecule has 3 aromatic heterocycles. The Labute approximate surface area is 251 Å². The van der Waals surface area contributed by atoms with Gasteiger partial charge in [-0.15, -0.1) is 0 Å². The average molecular weight is 567 g/mol. The summed E-state index contributed by atoms with van der Waals surface area (Å²) in [5, 5.41) is 4.10. The normalized spacial score (nSPS) is 11.6. The molecule has 0 unspecified atom stereocenters. The number of furan rings is 1. The van der Waals surface area contributed by atoms with E-state index >= 15 is 0 Å². The van der Waals surface area contributed by atoms with Gasteiger partial charge in [-0.3, -0.25) is 0 Å². The number of rotatable bonds is 4. The topological polar surface area (TPSA) is 77.8 Å². The zero-order chi connectivity index (χ0) is 29.0. The van der Waals surface area contributed by atoms with E-state index in [1.165, 1.54) is 0 Å². The van der Waals surface area contributed by atoms with E-state index in [1.807, 2.05) is 103 Å². The molecule has 0 aliphatic rings. The van der Waals surface area contributed by atoms with Crippen LogP contribution in [-0.2, 0) is 0 Å². The molecule has 206 valence electrons. The average Bonchev–Trinajstić information content (AvgIpc) is 3.69. The molecule has 9 aromatic rings. The molecule has 6 aromatic carbocycles. The maximum absolute atomic E-state index is 6.65. The third-order valence-corrected chi connectivity index (χ3v) is 7.94. The number of nitrogens with zero attached hydrogens (tertiary/aromatic N) is 4. The maximum Gasteiger partial charge on any atom is 0.227 e. The summed E-state index contributed by atoms with van der Waals surface area (Å²) < 4.78 is 13.0. The van der Waals surface area contributed by atoms with E-state index in [0.717, 1.165) is 49.4 Å². The second kappa shape index (κ2) is 9.71. The molecular formula is C38H22N4O2. The number of aromatic nitrogens is 4. The minimum Gasteiger partial charge on any atom is -0.456 e. The lowest BCUT2D eigenvalue weighted by Gasteiger charge is -2.09. The van der Waals surface area contributed by atoms with Crippen LogP contribution in [0, 0.1) is 0 Å². The van der Waals surface area contributed by atoms with Crippen LogP contribution < -0.4 is 0 Å². The SMILES string of the molecule is c1ccc(-c2nc(-c3ccccc3)nc(-c3c4oc(-c5ccc6ccccc6c5)nc4cc4oc5ccccc5c34)n2)cc1. The number of para-hydroxylation sites is 1. The zero-order valence-corrected chi connectivity index (χ0v) is 23.3. The molecule has 0 fully saturated rings. The third kappa shape index (κ3) is 3.96. The Hall–Kier alpha value is -6.14. The summed E-state index contributed by atoms with van der Waals surface area (Å²) in [5.74, 6) is 2.15. The molecule has 0 bridgehead atoms. The van der Waals surface area contributed by atoms with Crippen LogP contribution in [0.25, 0.3) is 89.4 Å². The Morgan fingerprint density at radius 1 is 0.432 bits per heavy atom. The van der Waals surface area contributed by atoms with Gasteiger partial charge in [-0.05, 0) is 29.0 Å². The summed E-state index contributed by atoms with van der Waals surface area (Å²) in [6.45, 7) is 0. The van der Waals surface area contributed by atoms with Crippen LogP contribution >= 0.6 is 0 Å². The smallest absolute Gasteiger partial charge is 0.227 e. The lowest BCUT2D eigenvalue weighted by atomic mass is 10.0. The maximum atomic E-state index is 6.65. The quantitative estimate of drug-likeness (QED) is 0.211. The Balaban J connectivity index is 1.37. The van der Waals surface area contributed by atoms with Gasteiger partial charge in [-0.1, -0.05) is 109 Å². The van der Waals surface area contributed by atoms with Gasteiger partial charge in [-0.25, -0.2) is 19.9 Å². The van der Waals surface area contributed by atoms with Crippen molar-refractivity contribution < 1.29 is 8.83 Å². The van der Waals surface area contributed by atoms with Crippen LogP contribution in [-0.4, -0.2) is 19.9 Å². The number of benzene rings is 6. The Kier molecular flexibility index (Phi) is 5.40. The third-order valence-electron chi connectivity index (χ3n) is 7.94. The fourth-order valence-corrected chi connectivity index (χ4v) is 5.85. The van der Waals surface area contributed by atoms with E-state index < -0.39 is 0 Å². The molecule has 0 aliphatic heterocycles. The van der Waals surface area contributed by atoms with Crippen molar-refractivity contribution in [3.8, 4) is 45.6 Å². The van der Waals surface area contributed by atoms with Crippen molar-refractivity contribution in [1.29, 1.82) is 0 Å². The highest BCUT2D eigenvalue weighted by atomic mass is 16.4. The fraction of sp³-hybridized carbons (Fsp3) is 0. The van der Waals surface area contributed by atoms with Gasteiger partial charge in [0, 0.05) is 33.5 Å². The fourth-order valence-electron chi connectivity index (χ4n) is 5.85. The molecule has 6 heteroatoms. The number of hydrogen-bond acceptors (Lipinski definition) is 6. The van der Waals surface area contributed by atoms with E-state index in [4.69, 9.17) is 28.8 Å². The minimum atomic E-state index is 0.487. The Morgan fingerprint density at radius 3 is 1.82 bits per heavy atom. The Morgan fingerprint density at radius 2 is 1.07 bits per heavy atom. The van der Waals surface area contributed by atoms with Crippen molar-refractivity contribution in [2.45, 2.75) is 0 Å². The van der Waals surface area contributed by atoms with Crippen molar-refractivity contribution in [3.63, 3.8) is 0 Å². The molecule has 44 heavy (non-hydrogen) atoms. The van der Waals surface area contributed by atoms with Gasteiger partial charge in [-0.2, -0.15) is 0 Å². The lowest BCUT2D eigenvalue weighted by molar-refractivity contribution is 0.620. The van der Waals surface area contributed by atoms with Gasteiger partial charge in [0.15, 0.2) is 23.1 Å². The van der Waals surface area contributed by atoms with Gasteiger partial charge in [0.05, 0.1) is 5.56 Å². The first-order chi connectivity index (χ1) is 21.8. The van der Waals surface area contributed by atoms with Crippen LogP contribution in [0.3, 0.4) is 0 Å². The van der Waals surface area contributed by atoms with Crippen molar-refractivity contribution in [3.05, 3.63) is 133 Å². The van der Waals surface area contributed by atoms with E-state index in [9.17, 15) is 0 Å². The highest BCUT2D eigenvalue weighted by molar-refractivity contribution is 6.18. The highest BCUT2D eigenvalue weighted by Gasteiger charge is 2.24. The van der Waals surface area contributed by atoms with Crippen LogP contribution in [0.5, 0.6) is 0 Å². The summed E-state index contributed by atoms with van der Waals surface area (Å²) in [6, 6.07) is 44.3. The molecule has 0 atom stereocenters. The lowest BCUT2D eigenvalue weighted by Crippen LogP contribution is -2.00. The summed E-state index contributed by atoms with van der Waals surface area (Å²) in [7, 11) is 0. The van der Waals surface area contributed by atoms with E-state index in [0.29, 0.717) is 40.0 Å². The van der Waals surface area contributed by atoms with Crippen molar-refractivity contribution >= 4 is 43.8 Å². The van der Waals surface area contributed by atoms with Gasteiger partial charge in [0.25, 0.3) is 0 Å².